The zero-order valence-corrected chi connectivity index (χ0v) is 31.6. The van der Waals surface area contributed by atoms with Crippen LogP contribution in [0.1, 0.15) is 85.5 Å². The second-order valence-electron chi connectivity index (χ2n) is 14.8. The van der Waals surface area contributed by atoms with Crippen molar-refractivity contribution in [2.45, 2.75) is 65.7 Å². The molecule has 0 spiro atoms. The highest BCUT2D eigenvalue weighted by atomic mass is 16.3. The van der Waals surface area contributed by atoms with Crippen LogP contribution in [-0.4, -0.2) is 46.6 Å². The van der Waals surface area contributed by atoms with E-state index in [1.165, 1.54) is 42.5 Å². The summed E-state index contributed by atoms with van der Waals surface area (Å²) < 4.78 is 6.18. The smallest absolute Gasteiger partial charge is 0.200 e. The van der Waals surface area contributed by atoms with E-state index in [9.17, 15) is 50.4 Å². The van der Waals surface area contributed by atoms with Crippen LogP contribution in [0.4, 0.5) is 0 Å². The highest BCUT2D eigenvalue weighted by molar-refractivity contribution is 6.02. The van der Waals surface area contributed by atoms with E-state index in [4.69, 9.17) is 4.42 Å². The number of benzene rings is 4. The van der Waals surface area contributed by atoms with Crippen molar-refractivity contribution in [1.29, 1.82) is 0 Å². The summed E-state index contributed by atoms with van der Waals surface area (Å²) in [5.74, 6) is -6.12. The molecule has 0 radical (unpaired) electrons. The van der Waals surface area contributed by atoms with E-state index < -0.39 is 46.2 Å². The molecule has 4 aromatic carbocycles. The van der Waals surface area contributed by atoms with E-state index in [1.807, 2.05) is 27.7 Å². The van der Waals surface area contributed by atoms with E-state index in [1.54, 1.807) is 31.2 Å². The van der Waals surface area contributed by atoms with Crippen LogP contribution in [0.15, 0.2) is 98.8 Å². The van der Waals surface area contributed by atoms with Crippen molar-refractivity contribution in [3.05, 3.63) is 128 Å². The van der Waals surface area contributed by atoms with Gasteiger partial charge in [0.25, 0.3) is 0 Å². The van der Waals surface area contributed by atoms with Crippen LogP contribution >= 0.6 is 0 Å². The maximum Gasteiger partial charge on any atom is 0.200 e. The van der Waals surface area contributed by atoms with Crippen molar-refractivity contribution in [3.8, 4) is 57.3 Å². The molecule has 0 bridgehead atoms. The average molecular weight is 761 g/mol. The Kier molecular flexibility index (Phi) is 10.6. The largest absolute Gasteiger partial charge is 0.508 e. The van der Waals surface area contributed by atoms with Gasteiger partial charge in [-0.1, -0.05) is 41.0 Å². The van der Waals surface area contributed by atoms with Gasteiger partial charge in [-0.3, -0.25) is 9.59 Å². The molecule has 0 saturated carbocycles. The summed E-state index contributed by atoms with van der Waals surface area (Å²) in [6.07, 6.45) is 5.47. The highest BCUT2D eigenvalue weighted by Crippen LogP contribution is 2.53. The van der Waals surface area contributed by atoms with Gasteiger partial charge in [0.05, 0.1) is 11.1 Å². The summed E-state index contributed by atoms with van der Waals surface area (Å²) in [5.41, 5.74) is 2.16. The molecule has 5 aromatic rings. The third kappa shape index (κ3) is 7.27. The van der Waals surface area contributed by atoms with Gasteiger partial charge in [0, 0.05) is 58.2 Å². The molecular formula is C45H44O11. The minimum absolute atomic E-state index is 0.0103. The Labute approximate surface area is 322 Å². The first-order chi connectivity index (χ1) is 26.5. The van der Waals surface area contributed by atoms with Gasteiger partial charge in [-0.15, -0.1) is 0 Å². The predicted molar refractivity (Wildman–Crippen MR) is 212 cm³/mol. The monoisotopic (exact) mass is 760 g/mol. The Balaban J connectivity index is 1.59. The molecule has 11 heteroatoms. The third-order valence-electron chi connectivity index (χ3n) is 10.4. The molecule has 0 saturated heterocycles. The van der Waals surface area contributed by atoms with Gasteiger partial charge in [-0.2, -0.15) is 0 Å². The number of fused-ring (bicyclic) bond motifs is 1. The van der Waals surface area contributed by atoms with Crippen LogP contribution in [0.25, 0.3) is 22.3 Å². The standard InChI is InChI=1S/C45H44O11/c1-21(2)6-9-27-34(48)14-12-28(41(27)52)42(53)33-20-31(26-11-8-24(46)17-36(26)50)23(5)16-32(33)39-35(49)15-13-30(43(39)54)45-29(10-7-22(3)4)44(55)40-37(51)18-25(47)19-38(40)56-45/h6-8,11-19,31-33,46-52,54H,9-10,20H2,1-5H3/t31-,32+,33-/m0/s1. The number of Topliss-reactive ketones (excluding diaryl/α,β-unsaturated/α-hetero) is 1. The third-order valence-corrected chi connectivity index (χ3v) is 10.4. The molecule has 0 fully saturated rings. The van der Waals surface area contributed by atoms with Gasteiger partial charge in [-0.25, -0.2) is 0 Å². The van der Waals surface area contributed by atoms with Crippen molar-refractivity contribution < 1.29 is 50.1 Å². The van der Waals surface area contributed by atoms with Crippen molar-refractivity contribution >= 4 is 16.8 Å². The first-order valence-corrected chi connectivity index (χ1v) is 18.1. The highest BCUT2D eigenvalue weighted by Gasteiger charge is 2.41. The molecule has 6 rings (SSSR count). The number of phenols is 8. The van der Waals surface area contributed by atoms with E-state index in [0.717, 1.165) is 17.2 Å². The van der Waals surface area contributed by atoms with Crippen molar-refractivity contribution in [2.24, 2.45) is 5.92 Å². The van der Waals surface area contributed by atoms with Gasteiger partial charge in [0.15, 0.2) is 5.78 Å². The predicted octanol–water partition coefficient (Wildman–Crippen LogP) is 8.84. The summed E-state index contributed by atoms with van der Waals surface area (Å²) >= 11 is 0. The number of rotatable bonds is 9. The number of carbonyl (C=O) groups excluding carboxylic acids is 1. The average Bonchev–Trinajstić information content (AvgIpc) is 3.11. The Morgan fingerprint density at radius 1 is 0.732 bits per heavy atom. The summed E-state index contributed by atoms with van der Waals surface area (Å²) in [5, 5.41) is 87.4. The fourth-order valence-electron chi connectivity index (χ4n) is 7.53. The lowest BCUT2D eigenvalue weighted by molar-refractivity contribution is 0.0889. The Morgan fingerprint density at radius 2 is 1.38 bits per heavy atom. The van der Waals surface area contributed by atoms with Crippen molar-refractivity contribution in [3.63, 3.8) is 0 Å². The van der Waals surface area contributed by atoms with Crippen LogP contribution in [0.3, 0.4) is 0 Å². The number of ketones is 1. The molecule has 56 heavy (non-hydrogen) atoms. The van der Waals surface area contributed by atoms with Gasteiger partial charge in [0.2, 0.25) is 5.43 Å². The number of aromatic hydroxyl groups is 8. The molecule has 3 atom stereocenters. The number of carbonyl (C=O) groups is 1. The molecule has 8 N–H and O–H groups in total. The second kappa shape index (κ2) is 15.3. The lowest BCUT2D eigenvalue weighted by Gasteiger charge is -2.35. The van der Waals surface area contributed by atoms with Crippen LogP contribution in [0.2, 0.25) is 0 Å². The first-order valence-electron chi connectivity index (χ1n) is 18.1. The zero-order valence-electron chi connectivity index (χ0n) is 31.6. The molecule has 290 valence electrons. The normalized spacial score (nSPS) is 16.7. The number of phenolic OH excluding ortho intramolecular Hbond substituents is 8. The fourth-order valence-corrected chi connectivity index (χ4v) is 7.53. The lowest BCUT2D eigenvalue weighted by atomic mass is 9.67. The Bertz CT molecular complexity index is 2550. The van der Waals surface area contributed by atoms with Gasteiger partial charge in [-0.05, 0) is 84.2 Å². The second-order valence-corrected chi connectivity index (χ2v) is 14.8. The van der Waals surface area contributed by atoms with Crippen molar-refractivity contribution in [2.75, 3.05) is 0 Å². The molecule has 11 nitrogen and oxygen atoms in total. The summed E-state index contributed by atoms with van der Waals surface area (Å²) in [6.45, 7) is 9.17. The topological polar surface area (TPSA) is 209 Å². The minimum atomic E-state index is -1.10. The van der Waals surface area contributed by atoms with E-state index >= 15 is 0 Å². The first kappa shape index (κ1) is 39.1. The SMILES string of the molecule is CC(C)=CCc1c(O)ccc(C(=O)[C@H]2C[C@H](c3ccc(O)cc3O)C(C)=C[C@H]2c2c(O)ccc(-c3oc4cc(O)cc(O)c4c(=O)c3CC=C(C)C)c2O)c1O. The molecule has 1 heterocycles. The molecule has 0 unspecified atom stereocenters. The maximum absolute atomic E-state index is 14.8. The molecule has 1 aliphatic rings. The van der Waals surface area contributed by atoms with Crippen LogP contribution in [-0.2, 0) is 12.8 Å². The molecule has 0 aliphatic heterocycles. The lowest BCUT2D eigenvalue weighted by Crippen LogP contribution is -2.28. The Morgan fingerprint density at radius 3 is 2.04 bits per heavy atom. The van der Waals surface area contributed by atoms with E-state index in [2.05, 4.69) is 0 Å². The number of hydrogen-bond donors (Lipinski definition) is 8. The van der Waals surface area contributed by atoms with Crippen molar-refractivity contribution in [1.82, 2.24) is 0 Å². The fraction of sp³-hybridized carbons (Fsp3) is 0.244. The maximum atomic E-state index is 14.8. The summed E-state index contributed by atoms with van der Waals surface area (Å²) in [7, 11) is 0. The molecular weight excluding hydrogens is 716 g/mol. The number of allylic oxidation sites excluding steroid dienone is 6. The summed E-state index contributed by atoms with van der Waals surface area (Å²) in [4.78, 5) is 28.8. The zero-order chi connectivity index (χ0) is 40.7. The van der Waals surface area contributed by atoms with Crippen LogP contribution in [0.5, 0.6) is 46.0 Å². The van der Waals surface area contributed by atoms with Gasteiger partial charge >= 0.3 is 0 Å². The van der Waals surface area contributed by atoms with E-state index in [-0.39, 0.29) is 92.6 Å². The minimum Gasteiger partial charge on any atom is -0.508 e. The molecule has 1 aromatic heterocycles. The number of hydrogen-bond acceptors (Lipinski definition) is 11. The Hall–Kier alpha value is -6.62. The quantitative estimate of drug-likeness (QED) is 0.0526. The van der Waals surface area contributed by atoms with Gasteiger partial charge in [0.1, 0.15) is 62.7 Å². The van der Waals surface area contributed by atoms with Crippen LogP contribution < -0.4 is 5.43 Å². The molecule has 0 amide bonds. The molecule has 1 aliphatic carbocycles. The van der Waals surface area contributed by atoms with Gasteiger partial charge < -0.3 is 45.3 Å². The van der Waals surface area contributed by atoms with E-state index in [0.29, 0.717) is 11.1 Å². The van der Waals surface area contributed by atoms with Crippen LogP contribution in [0, 0.1) is 5.92 Å². The summed E-state index contributed by atoms with van der Waals surface area (Å²) in [6, 6.07) is 11.6.